The van der Waals surface area contributed by atoms with E-state index in [1.54, 1.807) is 36.5 Å². The molecule has 0 unspecified atom stereocenters. The first-order valence-corrected chi connectivity index (χ1v) is 6.36. The third-order valence-electron chi connectivity index (χ3n) is 3.07. The van der Waals surface area contributed by atoms with Crippen LogP contribution in [-0.2, 0) is 0 Å². The SMILES string of the molecule is Cc1ccnc(NC(=O)c2n[nH]c(=O)c3ccccc23)c1. The summed E-state index contributed by atoms with van der Waals surface area (Å²) in [6.07, 6.45) is 1.61. The number of aromatic amines is 1. The molecule has 2 N–H and O–H groups in total. The molecule has 3 rings (SSSR count). The minimum Gasteiger partial charge on any atom is -0.305 e. The zero-order valence-electron chi connectivity index (χ0n) is 11.3. The number of hydrogen-bond donors (Lipinski definition) is 2. The summed E-state index contributed by atoms with van der Waals surface area (Å²) in [5, 5.41) is 9.79. The largest absolute Gasteiger partial charge is 0.305 e. The van der Waals surface area contributed by atoms with Crippen LogP contribution in [0, 0.1) is 6.92 Å². The maximum absolute atomic E-state index is 12.3. The van der Waals surface area contributed by atoms with E-state index in [-0.39, 0.29) is 11.3 Å². The van der Waals surface area contributed by atoms with E-state index in [0.717, 1.165) is 5.56 Å². The summed E-state index contributed by atoms with van der Waals surface area (Å²) in [5.74, 6) is 0.0256. The second-order valence-electron chi connectivity index (χ2n) is 4.62. The minimum absolute atomic E-state index is 0.161. The molecule has 0 atom stereocenters. The average Bonchev–Trinajstić information content (AvgIpc) is 2.48. The highest BCUT2D eigenvalue weighted by Gasteiger charge is 2.14. The van der Waals surface area contributed by atoms with Crippen LogP contribution in [-0.4, -0.2) is 21.1 Å². The first-order valence-electron chi connectivity index (χ1n) is 6.36. The number of pyridine rings is 1. The number of hydrogen-bond acceptors (Lipinski definition) is 4. The van der Waals surface area contributed by atoms with Crippen molar-refractivity contribution in [2.75, 3.05) is 5.32 Å². The molecule has 0 saturated heterocycles. The van der Waals surface area contributed by atoms with Gasteiger partial charge in [0.15, 0.2) is 5.69 Å². The quantitative estimate of drug-likeness (QED) is 0.750. The van der Waals surface area contributed by atoms with Gasteiger partial charge in [0.25, 0.3) is 11.5 Å². The molecular weight excluding hydrogens is 268 g/mol. The van der Waals surface area contributed by atoms with Crippen LogP contribution in [0.2, 0.25) is 0 Å². The standard InChI is InChI=1S/C15H12N4O2/c1-9-6-7-16-12(8-9)17-15(21)13-10-4-2-3-5-11(10)14(20)19-18-13/h2-8H,1H3,(H,19,20)(H,16,17,21). The minimum atomic E-state index is -0.416. The van der Waals surface area contributed by atoms with Crippen LogP contribution < -0.4 is 10.9 Å². The van der Waals surface area contributed by atoms with Crippen LogP contribution in [0.3, 0.4) is 0 Å². The van der Waals surface area contributed by atoms with E-state index in [2.05, 4.69) is 20.5 Å². The second kappa shape index (κ2) is 5.16. The zero-order valence-corrected chi connectivity index (χ0v) is 11.3. The van der Waals surface area contributed by atoms with Gasteiger partial charge in [-0.15, -0.1) is 0 Å². The number of nitrogens with one attached hydrogen (secondary N) is 2. The number of H-pyrrole nitrogens is 1. The van der Waals surface area contributed by atoms with Crippen LogP contribution in [0.4, 0.5) is 5.82 Å². The summed E-state index contributed by atoms with van der Waals surface area (Å²) in [7, 11) is 0. The van der Waals surface area contributed by atoms with Crippen molar-refractivity contribution in [1.82, 2.24) is 15.2 Å². The topological polar surface area (TPSA) is 87.7 Å². The predicted octanol–water partition coefficient (Wildman–Crippen LogP) is 1.88. The summed E-state index contributed by atoms with van der Waals surface area (Å²) in [6.45, 7) is 1.91. The third-order valence-corrected chi connectivity index (χ3v) is 3.07. The van der Waals surface area contributed by atoms with Crippen molar-refractivity contribution in [3.8, 4) is 0 Å². The molecule has 6 heteroatoms. The smallest absolute Gasteiger partial charge is 0.277 e. The maximum atomic E-state index is 12.3. The van der Waals surface area contributed by atoms with E-state index in [4.69, 9.17) is 0 Å². The van der Waals surface area contributed by atoms with Gasteiger partial charge in [-0.1, -0.05) is 18.2 Å². The Morgan fingerprint density at radius 2 is 1.95 bits per heavy atom. The van der Waals surface area contributed by atoms with Crippen molar-refractivity contribution < 1.29 is 4.79 Å². The molecule has 6 nitrogen and oxygen atoms in total. The predicted molar refractivity (Wildman–Crippen MR) is 79.3 cm³/mol. The van der Waals surface area contributed by atoms with Gasteiger partial charge in [-0.25, -0.2) is 10.1 Å². The van der Waals surface area contributed by atoms with Crippen molar-refractivity contribution in [2.24, 2.45) is 0 Å². The first-order chi connectivity index (χ1) is 10.1. The Hall–Kier alpha value is -3.02. The van der Waals surface area contributed by atoms with Crippen LogP contribution >= 0.6 is 0 Å². The van der Waals surface area contributed by atoms with Gasteiger partial charge in [0.1, 0.15) is 5.82 Å². The van der Waals surface area contributed by atoms with Gasteiger partial charge in [0.05, 0.1) is 5.39 Å². The lowest BCUT2D eigenvalue weighted by Gasteiger charge is -2.06. The molecule has 0 aliphatic heterocycles. The van der Waals surface area contributed by atoms with Crippen molar-refractivity contribution >= 4 is 22.5 Å². The fraction of sp³-hybridized carbons (Fsp3) is 0.0667. The molecule has 0 aliphatic carbocycles. The van der Waals surface area contributed by atoms with Crippen LogP contribution in [0.1, 0.15) is 16.1 Å². The van der Waals surface area contributed by atoms with Gasteiger partial charge in [-0.2, -0.15) is 5.10 Å². The lowest BCUT2D eigenvalue weighted by atomic mass is 10.1. The highest BCUT2D eigenvalue weighted by atomic mass is 16.2. The molecule has 0 spiro atoms. The Morgan fingerprint density at radius 3 is 2.71 bits per heavy atom. The van der Waals surface area contributed by atoms with E-state index in [0.29, 0.717) is 16.6 Å². The summed E-state index contributed by atoms with van der Waals surface area (Å²) < 4.78 is 0. The van der Waals surface area contributed by atoms with Crippen molar-refractivity contribution in [1.29, 1.82) is 0 Å². The van der Waals surface area contributed by atoms with Crippen LogP contribution in [0.15, 0.2) is 47.4 Å². The molecule has 0 aliphatic rings. The molecule has 2 aromatic heterocycles. The van der Waals surface area contributed by atoms with Crippen molar-refractivity contribution in [2.45, 2.75) is 6.92 Å². The Balaban J connectivity index is 2.03. The monoisotopic (exact) mass is 280 g/mol. The molecule has 1 aromatic carbocycles. The maximum Gasteiger partial charge on any atom is 0.277 e. The van der Waals surface area contributed by atoms with E-state index in [1.165, 1.54) is 0 Å². The van der Waals surface area contributed by atoms with Crippen molar-refractivity contribution in [3.05, 3.63) is 64.2 Å². The number of fused-ring (bicyclic) bond motifs is 1. The molecule has 0 radical (unpaired) electrons. The average molecular weight is 280 g/mol. The summed E-state index contributed by atoms with van der Waals surface area (Å²) in [4.78, 5) is 28.1. The fourth-order valence-electron chi connectivity index (χ4n) is 2.07. The molecular formula is C15H12N4O2. The van der Waals surface area contributed by atoms with E-state index >= 15 is 0 Å². The fourth-order valence-corrected chi connectivity index (χ4v) is 2.07. The van der Waals surface area contributed by atoms with E-state index in [9.17, 15) is 9.59 Å². The zero-order chi connectivity index (χ0) is 14.8. The number of carbonyl (C=O) groups is 1. The van der Waals surface area contributed by atoms with Gasteiger partial charge in [0, 0.05) is 11.6 Å². The Morgan fingerprint density at radius 1 is 1.19 bits per heavy atom. The van der Waals surface area contributed by atoms with E-state index in [1.807, 2.05) is 13.0 Å². The number of benzene rings is 1. The third kappa shape index (κ3) is 2.51. The van der Waals surface area contributed by atoms with Gasteiger partial charge in [-0.05, 0) is 30.7 Å². The molecule has 0 fully saturated rings. The normalized spacial score (nSPS) is 10.5. The van der Waals surface area contributed by atoms with Gasteiger partial charge in [-0.3, -0.25) is 9.59 Å². The molecule has 2 heterocycles. The lowest BCUT2D eigenvalue weighted by Crippen LogP contribution is -2.19. The number of rotatable bonds is 2. The summed E-state index contributed by atoms with van der Waals surface area (Å²) in [6, 6.07) is 10.4. The number of aromatic nitrogens is 3. The Kier molecular flexibility index (Phi) is 3.19. The lowest BCUT2D eigenvalue weighted by molar-refractivity contribution is 0.102. The highest BCUT2D eigenvalue weighted by molar-refractivity contribution is 6.10. The molecule has 21 heavy (non-hydrogen) atoms. The molecule has 0 saturated carbocycles. The van der Waals surface area contributed by atoms with Gasteiger partial charge in [0.2, 0.25) is 0 Å². The Labute approximate surface area is 119 Å². The number of amides is 1. The van der Waals surface area contributed by atoms with Crippen molar-refractivity contribution in [3.63, 3.8) is 0 Å². The summed E-state index contributed by atoms with van der Waals surface area (Å²) >= 11 is 0. The Bertz CT molecular complexity index is 886. The number of carbonyl (C=O) groups excluding carboxylic acids is 1. The molecule has 3 aromatic rings. The number of nitrogens with zero attached hydrogens (tertiary/aromatic N) is 2. The second-order valence-corrected chi connectivity index (χ2v) is 4.62. The molecule has 104 valence electrons. The van der Waals surface area contributed by atoms with Gasteiger partial charge >= 0.3 is 0 Å². The van der Waals surface area contributed by atoms with E-state index < -0.39 is 5.91 Å². The van der Waals surface area contributed by atoms with Crippen LogP contribution in [0.5, 0.6) is 0 Å². The molecule has 0 bridgehead atoms. The van der Waals surface area contributed by atoms with Crippen LogP contribution in [0.25, 0.3) is 10.8 Å². The number of anilines is 1. The molecule has 1 amide bonds. The highest BCUT2D eigenvalue weighted by Crippen LogP contribution is 2.14. The number of aryl methyl sites for hydroxylation is 1. The van der Waals surface area contributed by atoms with Gasteiger partial charge < -0.3 is 5.32 Å². The summed E-state index contributed by atoms with van der Waals surface area (Å²) in [5.41, 5.74) is 0.823. The first kappa shape index (κ1) is 13.0.